The summed E-state index contributed by atoms with van der Waals surface area (Å²) in [5, 5.41) is 9.49. The molecule has 3 aromatic heterocycles. The molecule has 0 unspecified atom stereocenters. The molecule has 8 nitrogen and oxygen atoms in total. The zero-order valence-electron chi connectivity index (χ0n) is 18.3. The fraction of sp³-hybridized carbons (Fsp3) is 0.174. The average molecular weight is 485 g/mol. The largest absolute Gasteiger partial charge is 0.417 e. The van der Waals surface area contributed by atoms with Crippen molar-refractivity contribution in [3.63, 3.8) is 0 Å². The molecule has 0 bridgehead atoms. The van der Waals surface area contributed by atoms with E-state index in [1.54, 1.807) is 23.1 Å². The third-order valence-corrected chi connectivity index (χ3v) is 4.92. The molecule has 1 aromatic carbocycles. The highest BCUT2D eigenvalue weighted by Gasteiger charge is 2.31. The molecule has 0 aliphatic rings. The molecule has 1 amide bonds. The van der Waals surface area contributed by atoms with Crippen LogP contribution in [0.25, 0.3) is 11.1 Å². The Morgan fingerprint density at radius 3 is 2.46 bits per heavy atom. The van der Waals surface area contributed by atoms with Crippen LogP contribution in [0.5, 0.6) is 0 Å². The van der Waals surface area contributed by atoms with Crippen molar-refractivity contribution in [1.82, 2.24) is 24.7 Å². The second kappa shape index (κ2) is 9.87. The van der Waals surface area contributed by atoms with Crippen LogP contribution >= 0.6 is 0 Å². The van der Waals surface area contributed by atoms with Crippen molar-refractivity contribution in [2.45, 2.75) is 26.1 Å². The summed E-state index contributed by atoms with van der Waals surface area (Å²) in [5.41, 5.74) is 0.648. The van der Waals surface area contributed by atoms with Gasteiger partial charge >= 0.3 is 6.18 Å². The van der Waals surface area contributed by atoms with E-state index in [9.17, 15) is 22.4 Å². The van der Waals surface area contributed by atoms with Gasteiger partial charge in [0.1, 0.15) is 5.82 Å². The second-order valence-electron chi connectivity index (χ2n) is 7.50. The number of halogens is 4. The summed E-state index contributed by atoms with van der Waals surface area (Å²) in [6.07, 6.45) is 3.31. The average Bonchev–Trinajstić information content (AvgIpc) is 3.27. The Bertz CT molecular complexity index is 1340. The van der Waals surface area contributed by atoms with E-state index in [0.29, 0.717) is 29.0 Å². The molecule has 12 heteroatoms. The van der Waals surface area contributed by atoms with Gasteiger partial charge in [0.05, 0.1) is 35.8 Å². The number of rotatable bonds is 7. The Balaban J connectivity index is 1.40. The first-order chi connectivity index (χ1) is 16.7. The number of nitrogens with one attached hydrogen (secondary N) is 2. The smallest absolute Gasteiger partial charge is 0.324 e. The highest BCUT2D eigenvalue weighted by Crippen LogP contribution is 2.30. The molecule has 0 saturated carbocycles. The lowest BCUT2D eigenvalue weighted by Crippen LogP contribution is -2.15. The highest BCUT2D eigenvalue weighted by molar-refractivity contribution is 5.92. The number of hydrogen-bond donors (Lipinski definition) is 2. The minimum Gasteiger partial charge on any atom is -0.324 e. The lowest BCUT2D eigenvalue weighted by Gasteiger charge is -2.10. The van der Waals surface area contributed by atoms with Gasteiger partial charge in [-0.3, -0.25) is 14.5 Å². The summed E-state index contributed by atoms with van der Waals surface area (Å²) in [5.74, 6) is -0.879. The molecule has 0 radical (unpaired) electrons. The molecular weight excluding hydrogens is 466 g/mol. The Hall–Kier alpha value is -4.35. The van der Waals surface area contributed by atoms with Gasteiger partial charge in [0.15, 0.2) is 0 Å². The Morgan fingerprint density at radius 1 is 1.03 bits per heavy atom. The number of hydrogen-bond acceptors (Lipinski definition) is 6. The third kappa shape index (κ3) is 5.96. The number of pyridine rings is 1. The van der Waals surface area contributed by atoms with Gasteiger partial charge in [-0.2, -0.15) is 18.3 Å². The van der Waals surface area contributed by atoms with Crippen LogP contribution in [0.1, 0.15) is 18.1 Å². The molecule has 0 spiro atoms. The van der Waals surface area contributed by atoms with Crippen molar-refractivity contribution in [3.8, 4) is 11.1 Å². The second-order valence-corrected chi connectivity index (χ2v) is 7.50. The fourth-order valence-corrected chi connectivity index (χ4v) is 3.22. The van der Waals surface area contributed by atoms with Crippen LogP contribution < -0.4 is 10.6 Å². The van der Waals surface area contributed by atoms with E-state index in [1.165, 1.54) is 24.5 Å². The van der Waals surface area contributed by atoms with E-state index in [-0.39, 0.29) is 17.7 Å². The van der Waals surface area contributed by atoms with Crippen LogP contribution in [0.3, 0.4) is 0 Å². The van der Waals surface area contributed by atoms with Crippen LogP contribution in [0.2, 0.25) is 0 Å². The molecular formula is C23H19F4N7O. The molecule has 3 heterocycles. The molecule has 4 rings (SSSR count). The van der Waals surface area contributed by atoms with Crippen molar-refractivity contribution < 1.29 is 22.4 Å². The number of alkyl halides is 3. The van der Waals surface area contributed by atoms with Crippen molar-refractivity contribution in [2.75, 3.05) is 10.6 Å². The molecule has 35 heavy (non-hydrogen) atoms. The molecule has 0 fully saturated rings. The van der Waals surface area contributed by atoms with Crippen molar-refractivity contribution >= 4 is 23.2 Å². The van der Waals surface area contributed by atoms with Crippen LogP contribution in [-0.2, 0) is 23.9 Å². The van der Waals surface area contributed by atoms with Crippen molar-refractivity contribution in [1.29, 1.82) is 0 Å². The first-order valence-electron chi connectivity index (χ1n) is 10.4. The van der Waals surface area contributed by atoms with Crippen LogP contribution in [0, 0.1) is 5.82 Å². The first-order valence-corrected chi connectivity index (χ1v) is 10.4. The summed E-state index contributed by atoms with van der Waals surface area (Å²) in [6, 6.07) is 5.00. The number of aryl methyl sites for hydroxylation is 1. The number of nitrogens with zero attached hydrogens (tertiary/aromatic N) is 5. The van der Waals surface area contributed by atoms with Gasteiger partial charge in [-0.05, 0) is 24.6 Å². The van der Waals surface area contributed by atoms with Gasteiger partial charge in [0.25, 0.3) is 0 Å². The summed E-state index contributed by atoms with van der Waals surface area (Å²) in [4.78, 5) is 24.1. The number of anilines is 3. The van der Waals surface area contributed by atoms with Gasteiger partial charge in [0.2, 0.25) is 11.9 Å². The quantitative estimate of drug-likeness (QED) is 0.364. The predicted octanol–water partition coefficient (Wildman–Crippen LogP) is 4.84. The van der Waals surface area contributed by atoms with E-state index in [4.69, 9.17) is 0 Å². The van der Waals surface area contributed by atoms with E-state index in [2.05, 4.69) is 30.7 Å². The number of amides is 1. The summed E-state index contributed by atoms with van der Waals surface area (Å²) >= 11 is 0. The molecule has 2 N–H and O–H groups in total. The summed E-state index contributed by atoms with van der Waals surface area (Å²) < 4.78 is 54.9. The lowest BCUT2D eigenvalue weighted by atomic mass is 10.0. The maximum Gasteiger partial charge on any atom is 0.417 e. The van der Waals surface area contributed by atoms with Gasteiger partial charge in [0, 0.05) is 42.5 Å². The minimum atomic E-state index is -4.58. The SMILES string of the molecule is CCn1cc(Nc2ncc(-c3ccc(CC(=O)Nc4cncc(C(F)(F)F)c4)cc3F)cn2)cn1. The zero-order chi connectivity index (χ0) is 25.0. The Labute approximate surface area is 197 Å². The topological polar surface area (TPSA) is 97.6 Å². The zero-order valence-corrected chi connectivity index (χ0v) is 18.3. The molecule has 180 valence electrons. The number of aromatic nitrogens is 5. The van der Waals surface area contributed by atoms with Crippen LogP contribution in [-0.4, -0.2) is 30.6 Å². The van der Waals surface area contributed by atoms with Gasteiger partial charge in [-0.1, -0.05) is 12.1 Å². The van der Waals surface area contributed by atoms with Crippen LogP contribution in [0.15, 0.2) is 61.4 Å². The predicted molar refractivity (Wildman–Crippen MR) is 120 cm³/mol. The number of carbonyl (C=O) groups is 1. The van der Waals surface area contributed by atoms with Gasteiger partial charge < -0.3 is 10.6 Å². The van der Waals surface area contributed by atoms with E-state index in [1.807, 2.05) is 6.92 Å². The van der Waals surface area contributed by atoms with Crippen molar-refractivity contribution in [2.24, 2.45) is 0 Å². The molecule has 0 aliphatic carbocycles. The van der Waals surface area contributed by atoms with E-state index >= 15 is 0 Å². The van der Waals surface area contributed by atoms with Gasteiger partial charge in [-0.25, -0.2) is 14.4 Å². The summed E-state index contributed by atoms with van der Waals surface area (Å²) in [6.45, 7) is 2.68. The Kier molecular flexibility index (Phi) is 6.71. The molecule has 0 atom stereocenters. The standard InChI is InChI=1S/C23H19F4N7O/c1-2-34-13-18(12-31-34)33-22-29-8-15(9-30-22)19-4-3-14(5-20(19)24)6-21(35)32-17-7-16(10-28-11-17)23(25,26)27/h3-5,7-13H,2,6H2,1H3,(H,32,35)(H,29,30,33). The molecule has 4 aromatic rings. The maximum atomic E-state index is 14.7. The molecule has 0 saturated heterocycles. The lowest BCUT2D eigenvalue weighted by molar-refractivity contribution is -0.137. The minimum absolute atomic E-state index is 0.102. The van der Waals surface area contributed by atoms with Crippen LogP contribution in [0.4, 0.5) is 34.9 Å². The maximum absolute atomic E-state index is 14.7. The number of carbonyl (C=O) groups excluding carboxylic acids is 1. The fourth-order valence-electron chi connectivity index (χ4n) is 3.22. The normalized spacial score (nSPS) is 11.3. The monoisotopic (exact) mass is 485 g/mol. The Morgan fingerprint density at radius 2 is 1.80 bits per heavy atom. The summed E-state index contributed by atoms with van der Waals surface area (Å²) in [7, 11) is 0. The number of benzene rings is 1. The highest BCUT2D eigenvalue weighted by atomic mass is 19.4. The van der Waals surface area contributed by atoms with E-state index < -0.39 is 23.5 Å². The molecule has 0 aliphatic heterocycles. The van der Waals surface area contributed by atoms with E-state index in [0.717, 1.165) is 18.8 Å². The van der Waals surface area contributed by atoms with Gasteiger partial charge in [-0.15, -0.1) is 0 Å². The first kappa shape index (κ1) is 23.8. The third-order valence-electron chi connectivity index (χ3n) is 4.92. The van der Waals surface area contributed by atoms with Crippen molar-refractivity contribution in [3.05, 3.63) is 78.4 Å².